The molecule has 0 aromatic heterocycles. The van der Waals surface area contributed by atoms with Crippen LogP contribution in [0.1, 0.15) is 32.3 Å². The Labute approximate surface area is 160 Å². The van der Waals surface area contributed by atoms with Crippen LogP contribution in [0.5, 0.6) is 11.5 Å². The van der Waals surface area contributed by atoms with Crippen molar-refractivity contribution in [2.24, 2.45) is 0 Å². The summed E-state index contributed by atoms with van der Waals surface area (Å²) < 4.78 is 37.4. The number of ether oxygens (including phenoxy) is 2. The normalized spacial score (nSPS) is 11.0. The van der Waals surface area contributed by atoms with Gasteiger partial charge in [0.05, 0.1) is 24.5 Å². The lowest BCUT2D eigenvalue weighted by atomic mass is 10.1. The first-order valence-corrected chi connectivity index (χ1v) is 10.4. The number of carbonyl (C=O) groups is 1. The molecule has 0 saturated carbocycles. The molecule has 0 aliphatic heterocycles. The number of benzene rings is 2. The van der Waals surface area contributed by atoms with Crippen molar-refractivity contribution in [1.29, 1.82) is 0 Å². The van der Waals surface area contributed by atoms with Crippen LogP contribution >= 0.6 is 0 Å². The first-order chi connectivity index (χ1) is 12.9. The van der Waals surface area contributed by atoms with Gasteiger partial charge in [0, 0.05) is 0 Å². The summed E-state index contributed by atoms with van der Waals surface area (Å²) in [6.07, 6.45) is 1.80. The van der Waals surface area contributed by atoms with Gasteiger partial charge in [-0.3, -0.25) is 4.79 Å². The topological polar surface area (TPSA) is 81.7 Å². The zero-order valence-corrected chi connectivity index (χ0v) is 16.4. The molecule has 0 radical (unpaired) electrons. The zero-order valence-electron chi connectivity index (χ0n) is 15.6. The highest BCUT2D eigenvalue weighted by molar-refractivity contribution is 7.90. The van der Waals surface area contributed by atoms with Gasteiger partial charge in [0.1, 0.15) is 11.5 Å². The number of sulfonamides is 1. The SMILES string of the molecule is CCCc1ccc(S(=O)(=O)NC(=O)CCOc2ccc(OCC)cc2)cc1. The Bertz CT molecular complexity index is 830. The van der Waals surface area contributed by atoms with Gasteiger partial charge in [0.2, 0.25) is 5.91 Å². The highest BCUT2D eigenvalue weighted by Gasteiger charge is 2.17. The van der Waals surface area contributed by atoms with Crippen LogP contribution in [-0.4, -0.2) is 27.5 Å². The highest BCUT2D eigenvalue weighted by atomic mass is 32.2. The Balaban J connectivity index is 1.83. The van der Waals surface area contributed by atoms with E-state index in [-0.39, 0.29) is 17.9 Å². The van der Waals surface area contributed by atoms with E-state index in [0.717, 1.165) is 24.2 Å². The van der Waals surface area contributed by atoms with Crippen molar-refractivity contribution in [3.8, 4) is 11.5 Å². The van der Waals surface area contributed by atoms with Crippen molar-refractivity contribution >= 4 is 15.9 Å². The molecule has 0 heterocycles. The molecule has 27 heavy (non-hydrogen) atoms. The van der Waals surface area contributed by atoms with Crippen LogP contribution in [0, 0.1) is 0 Å². The highest BCUT2D eigenvalue weighted by Crippen LogP contribution is 2.17. The molecule has 1 amide bonds. The van der Waals surface area contributed by atoms with E-state index in [1.807, 2.05) is 6.92 Å². The number of nitrogens with one attached hydrogen (secondary N) is 1. The van der Waals surface area contributed by atoms with E-state index in [0.29, 0.717) is 12.4 Å². The fraction of sp³-hybridized carbons (Fsp3) is 0.350. The van der Waals surface area contributed by atoms with E-state index in [1.54, 1.807) is 36.4 Å². The number of aryl methyl sites for hydroxylation is 1. The van der Waals surface area contributed by atoms with Crippen molar-refractivity contribution in [1.82, 2.24) is 4.72 Å². The lowest BCUT2D eigenvalue weighted by Gasteiger charge is -2.09. The summed E-state index contributed by atoms with van der Waals surface area (Å²) >= 11 is 0. The van der Waals surface area contributed by atoms with Gasteiger partial charge in [-0.15, -0.1) is 0 Å². The first kappa shape index (κ1) is 20.8. The van der Waals surface area contributed by atoms with E-state index in [2.05, 4.69) is 11.6 Å². The number of amides is 1. The minimum absolute atomic E-state index is 0.0691. The van der Waals surface area contributed by atoms with Crippen molar-refractivity contribution < 1.29 is 22.7 Å². The third-order valence-corrected chi connectivity index (χ3v) is 5.14. The smallest absolute Gasteiger partial charge is 0.264 e. The zero-order chi connectivity index (χ0) is 19.7. The molecular weight excluding hydrogens is 366 g/mol. The second-order valence-corrected chi connectivity index (χ2v) is 7.61. The van der Waals surface area contributed by atoms with E-state index in [4.69, 9.17) is 9.47 Å². The molecule has 6 nitrogen and oxygen atoms in total. The third kappa shape index (κ3) is 6.60. The van der Waals surface area contributed by atoms with Crippen LogP contribution in [0.2, 0.25) is 0 Å². The standard InChI is InChI=1S/C20H25NO5S/c1-3-5-16-6-12-19(13-7-16)27(23,24)21-20(22)14-15-26-18-10-8-17(9-11-18)25-4-2/h6-13H,3-5,14-15H2,1-2H3,(H,21,22). The lowest BCUT2D eigenvalue weighted by molar-refractivity contribution is -0.119. The molecule has 0 aliphatic rings. The number of hydrogen-bond acceptors (Lipinski definition) is 5. The summed E-state index contributed by atoms with van der Waals surface area (Å²) in [6.45, 7) is 4.61. The van der Waals surface area contributed by atoms with E-state index < -0.39 is 15.9 Å². The monoisotopic (exact) mass is 391 g/mol. The second kappa shape index (κ2) is 9.97. The molecule has 0 atom stereocenters. The van der Waals surface area contributed by atoms with Gasteiger partial charge in [-0.05, 0) is 55.3 Å². The molecule has 0 saturated heterocycles. The molecule has 2 aromatic rings. The minimum atomic E-state index is -3.87. The summed E-state index contributed by atoms with van der Waals surface area (Å²) in [4.78, 5) is 12.0. The van der Waals surface area contributed by atoms with E-state index in [1.165, 1.54) is 12.1 Å². The molecule has 2 rings (SSSR count). The van der Waals surface area contributed by atoms with Crippen molar-refractivity contribution in [3.05, 3.63) is 54.1 Å². The summed E-state index contributed by atoms with van der Waals surface area (Å²) in [7, 11) is -3.87. The molecule has 7 heteroatoms. The molecule has 146 valence electrons. The largest absolute Gasteiger partial charge is 0.494 e. The van der Waals surface area contributed by atoms with Crippen LogP contribution in [0.4, 0.5) is 0 Å². The number of carbonyl (C=O) groups excluding carboxylic acids is 1. The Morgan fingerprint density at radius 1 is 0.926 bits per heavy atom. The maximum absolute atomic E-state index is 12.3. The molecule has 0 spiro atoms. The fourth-order valence-corrected chi connectivity index (χ4v) is 3.46. The van der Waals surface area contributed by atoms with E-state index in [9.17, 15) is 13.2 Å². The first-order valence-electron chi connectivity index (χ1n) is 8.95. The van der Waals surface area contributed by atoms with Crippen LogP contribution in [-0.2, 0) is 21.2 Å². The average molecular weight is 391 g/mol. The molecule has 0 aliphatic carbocycles. The van der Waals surface area contributed by atoms with Crippen LogP contribution < -0.4 is 14.2 Å². The van der Waals surface area contributed by atoms with Gasteiger partial charge >= 0.3 is 0 Å². The van der Waals surface area contributed by atoms with Gasteiger partial charge in [0.25, 0.3) is 10.0 Å². The molecule has 2 aromatic carbocycles. The van der Waals surface area contributed by atoms with Crippen LogP contribution in [0.15, 0.2) is 53.4 Å². The predicted molar refractivity (Wildman–Crippen MR) is 103 cm³/mol. The molecular formula is C20H25NO5S. The minimum Gasteiger partial charge on any atom is -0.494 e. The number of hydrogen-bond donors (Lipinski definition) is 1. The Morgan fingerprint density at radius 3 is 2.07 bits per heavy atom. The Morgan fingerprint density at radius 2 is 1.52 bits per heavy atom. The Kier molecular flexibility index (Phi) is 7.67. The number of rotatable bonds is 10. The summed E-state index contributed by atoms with van der Waals surface area (Å²) in [5, 5.41) is 0. The molecule has 0 bridgehead atoms. The maximum atomic E-state index is 12.3. The van der Waals surface area contributed by atoms with Gasteiger partial charge in [0.15, 0.2) is 0 Å². The van der Waals surface area contributed by atoms with Crippen molar-refractivity contribution in [3.63, 3.8) is 0 Å². The van der Waals surface area contributed by atoms with Gasteiger partial charge in [-0.2, -0.15) is 0 Å². The summed E-state index contributed by atoms with van der Waals surface area (Å²) in [5.41, 5.74) is 1.06. The van der Waals surface area contributed by atoms with Crippen LogP contribution in [0.25, 0.3) is 0 Å². The van der Waals surface area contributed by atoms with Gasteiger partial charge < -0.3 is 9.47 Å². The van der Waals surface area contributed by atoms with Crippen molar-refractivity contribution in [2.75, 3.05) is 13.2 Å². The Hall–Kier alpha value is -2.54. The van der Waals surface area contributed by atoms with Crippen LogP contribution in [0.3, 0.4) is 0 Å². The molecule has 1 N–H and O–H groups in total. The molecule has 0 unspecified atom stereocenters. The van der Waals surface area contributed by atoms with Gasteiger partial charge in [-0.25, -0.2) is 13.1 Å². The van der Waals surface area contributed by atoms with Crippen molar-refractivity contribution in [2.45, 2.75) is 38.0 Å². The summed E-state index contributed by atoms with van der Waals surface area (Å²) in [5.74, 6) is 0.706. The third-order valence-electron chi connectivity index (χ3n) is 3.75. The quantitative estimate of drug-likeness (QED) is 0.672. The van der Waals surface area contributed by atoms with Gasteiger partial charge in [-0.1, -0.05) is 25.5 Å². The van der Waals surface area contributed by atoms with E-state index >= 15 is 0 Å². The second-order valence-electron chi connectivity index (χ2n) is 5.93. The average Bonchev–Trinajstić information content (AvgIpc) is 2.64. The maximum Gasteiger partial charge on any atom is 0.264 e. The molecule has 0 fully saturated rings. The predicted octanol–water partition coefficient (Wildman–Crippen LogP) is 3.31. The lowest BCUT2D eigenvalue weighted by Crippen LogP contribution is -2.31. The fourth-order valence-electron chi connectivity index (χ4n) is 2.44. The summed E-state index contributed by atoms with van der Waals surface area (Å²) in [6, 6.07) is 13.6.